The van der Waals surface area contributed by atoms with E-state index in [1.807, 2.05) is 6.07 Å². The van der Waals surface area contributed by atoms with E-state index in [4.69, 9.17) is 4.74 Å². The molecule has 0 aliphatic carbocycles. The Kier molecular flexibility index (Phi) is 4.44. The summed E-state index contributed by atoms with van der Waals surface area (Å²) in [5.74, 6) is 0. The summed E-state index contributed by atoms with van der Waals surface area (Å²) in [6, 6.07) is 5.27. The standard InChI is InChI=1S/C15H21N3O4/c19-15-1-3-16(4-2-15)12-9-13(11-14(10-12)18(20)21)17-5-7-22-8-6-17/h9-11,15,19H,1-8H2. The highest BCUT2D eigenvalue weighted by Crippen LogP contribution is 2.31. The second kappa shape index (κ2) is 6.50. The van der Waals surface area contributed by atoms with Gasteiger partial charge in [-0.2, -0.15) is 0 Å². The van der Waals surface area contributed by atoms with Crippen molar-refractivity contribution < 1.29 is 14.8 Å². The van der Waals surface area contributed by atoms with E-state index in [1.165, 1.54) is 0 Å². The summed E-state index contributed by atoms with van der Waals surface area (Å²) >= 11 is 0. The molecule has 3 rings (SSSR count). The Bertz CT molecular complexity index is 538. The zero-order valence-corrected chi connectivity index (χ0v) is 12.5. The zero-order valence-electron chi connectivity index (χ0n) is 12.5. The number of morpholine rings is 1. The topological polar surface area (TPSA) is 79.1 Å². The van der Waals surface area contributed by atoms with Gasteiger partial charge in [-0.05, 0) is 18.9 Å². The van der Waals surface area contributed by atoms with Crippen LogP contribution < -0.4 is 9.80 Å². The monoisotopic (exact) mass is 307 g/mol. The number of benzene rings is 1. The van der Waals surface area contributed by atoms with Gasteiger partial charge in [0, 0.05) is 49.7 Å². The van der Waals surface area contributed by atoms with Gasteiger partial charge in [-0.25, -0.2) is 0 Å². The molecule has 2 aliphatic rings. The largest absolute Gasteiger partial charge is 0.393 e. The van der Waals surface area contributed by atoms with Crippen molar-refractivity contribution in [1.82, 2.24) is 0 Å². The Morgan fingerprint density at radius 3 is 2.14 bits per heavy atom. The number of piperidine rings is 1. The normalized spacial score (nSPS) is 20.2. The molecule has 7 nitrogen and oxygen atoms in total. The highest BCUT2D eigenvalue weighted by molar-refractivity contribution is 5.65. The van der Waals surface area contributed by atoms with Gasteiger partial charge in [-0.15, -0.1) is 0 Å². The van der Waals surface area contributed by atoms with Crippen LogP contribution in [0.3, 0.4) is 0 Å². The molecule has 120 valence electrons. The third-order valence-electron chi connectivity index (χ3n) is 4.30. The second-order valence-electron chi connectivity index (χ2n) is 5.78. The van der Waals surface area contributed by atoms with Crippen LogP contribution in [0.25, 0.3) is 0 Å². The maximum absolute atomic E-state index is 11.2. The minimum atomic E-state index is -0.341. The van der Waals surface area contributed by atoms with Crippen molar-refractivity contribution in [2.45, 2.75) is 18.9 Å². The van der Waals surface area contributed by atoms with Crippen molar-refractivity contribution in [1.29, 1.82) is 0 Å². The van der Waals surface area contributed by atoms with E-state index in [-0.39, 0.29) is 16.7 Å². The number of nitro benzene ring substituents is 1. The predicted octanol–water partition coefficient (Wildman–Crippen LogP) is 1.39. The lowest BCUT2D eigenvalue weighted by Crippen LogP contribution is -2.37. The fourth-order valence-electron chi connectivity index (χ4n) is 3.00. The van der Waals surface area contributed by atoms with Gasteiger partial charge in [0.1, 0.15) is 0 Å². The van der Waals surface area contributed by atoms with Gasteiger partial charge in [-0.1, -0.05) is 0 Å². The first-order valence-corrected chi connectivity index (χ1v) is 7.68. The Morgan fingerprint density at radius 1 is 1.05 bits per heavy atom. The summed E-state index contributed by atoms with van der Waals surface area (Å²) in [6.45, 7) is 4.25. The Balaban J connectivity index is 1.88. The molecular weight excluding hydrogens is 286 g/mol. The first kappa shape index (κ1) is 15.1. The molecule has 0 unspecified atom stereocenters. The number of rotatable bonds is 3. The number of aliphatic hydroxyl groups excluding tert-OH is 1. The minimum absolute atomic E-state index is 0.116. The second-order valence-corrected chi connectivity index (χ2v) is 5.78. The lowest BCUT2D eigenvalue weighted by atomic mass is 10.1. The number of aliphatic hydroxyl groups is 1. The van der Waals surface area contributed by atoms with Gasteiger partial charge in [0.15, 0.2) is 0 Å². The van der Waals surface area contributed by atoms with E-state index in [0.29, 0.717) is 26.1 Å². The van der Waals surface area contributed by atoms with Gasteiger partial charge >= 0.3 is 0 Å². The van der Waals surface area contributed by atoms with Crippen molar-refractivity contribution in [2.24, 2.45) is 0 Å². The first-order chi connectivity index (χ1) is 10.6. The van der Waals surface area contributed by atoms with Gasteiger partial charge in [0.05, 0.1) is 24.2 Å². The van der Waals surface area contributed by atoms with Crippen LogP contribution in [0.4, 0.5) is 17.1 Å². The summed E-state index contributed by atoms with van der Waals surface area (Å²) in [6.07, 6.45) is 1.15. The van der Waals surface area contributed by atoms with E-state index < -0.39 is 0 Å². The molecule has 2 aliphatic heterocycles. The molecule has 2 fully saturated rings. The molecule has 0 amide bonds. The molecule has 1 aromatic rings. The number of ether oxygens (including phenoxy) is 1. The summed E-state index contributed by atoms with van der Waals surface area (Å²) in [5, 5.41) is 20.8. The van der Waals surface area contributed by atoms with Crippen LogP contribution in [0.2, 0.25) is 0 Å². The van der Waals surface area contributed by atoms with Crippen LogP contribution in [0.15, 0.2) is 18.2 Å². The van der Waals surface area contributed by atoms with E-state index in [1.54, 1.807) is 12.1 Å². The molecule has 0 aromatic heterocycles. The fraction of sp³-hybridized carbons (Fsp3) is 0.600. The van der Waals surface area contributed by atoms with E-state index in [9.17, 15) is 15.2 Å². The number of hydrogen-bond donors (Lipinski definition) is 1. The molecule has 2 heterocycles. The van der Waals surface area contributed by atoms with Crippen molar-refractivity contribution in [3.63, 3.8) is 0 Å². The SMILES string of the molecule is O=[N+]([O-])c1cc(N2CCOCC2)cc(N2CCC(O)CC2)c1. The highest BCUT2D eigenvalue weighted by atomic mass is 16.6. The molecule has 0 bridgehead atoms. The summed E-state index contributed by atoms with van der Waals surface area (Å²) in [5.41, 5.74) is 1.85. The van der Waals surface area contributed by atoms with E-state index in [0.717, 1.165) is 37.6 Å². The number of anilines is 2. The fourth-order valence-corrected chi connectivity index (χ4v) is 3.00. The van der Waals surface area contributed by atoms with Gasteiger partial charge in [0.25, 0.3) is 5.69 Å². The molecule has 7 heteroatoms. The Morgan fingerprint density at radius 2 is 1.59 bits per heavy atom. The van der Waals surface area contributed by atoms with Crippen LogP contribution >= 0.6 is 0 Å². The van der Waals surface area contributed by atoms with Crippen LogP contribution in [0.1, 0.15) is 12.8 Å². The van der Waals surface area contributed by atoms with Crippen LogP contribution in [-0.2, 0) is 4.74 Å². The molecule has 1 N–H and O–H groups in total. The van der Waals surface area contributed by atoms with Crippen molar-refractivity contribution >= 4 is 17.1 Å². The average Bonchev–Trinajstić information content (AvgIpc) is 2.56. The molecule has 22 heavy (non-hydrogen) atoms. The van der Waals surface area contributed by atoms with E-state index >= 15 is 0 Å². The lowest BCUT2D eigenvalue weighted by molar-refractivity contribution is -0.384. The van der Waals surface area contributed by atoms with Gasteiger partial charge in [-0.3, -0.25) is 10.1 Å². The van der Waals surface area contributed by atoms with Crippen molar-refractivity contribution in [3.05, 3.63) is 28.3 Å². The van der Waals surface area contributed by atoms with Gasteiger partial charge < -0.3 is 19.6 Å². The molecule has 1 aromatic carbocycles. The first-order valence-electron chi connectivity index (χ1n) is 7.68. The Labute approximate surface area is 129 Å². The quantitative estimate of drug-likeness (QED) is 0.671. The summed E-state index contributed by atoms with van der Waals surface area (Å²) in [7, 11) is 0. The maximum atomic E-state index is 11.2. The van der Waals surface area contributed by atoms with Crippen LogP contribution in [-0.4, -0.2) is 55.5 Å². The van der Waals surface area contributed by atoms with Crippen molar-refractivity contribution in [2.75, 3.05) is 49.2 Å². The van der Waals surface area contributed by atoms with Crippen LogP contribution in [0, 0.1) is 10.1 Å². The van der Waals surface area contributed by atoms with Gasteiger partial charge in [0.2, 0.25) is 0 Å². The summed E-state index contributed by atoms with van der Waals surface area (Å²) < 4.78 is 5.34. The number of nitrogens with zero attached hydrogens (tertiary/aromatic N) is 3. The predicted molar refractivity (Wildman–Crippen MR) is 83.6 cm³/mol. The molecule has 0 saturated carbocycles. The van der Waals surface area contributed by atoms with Crippen molar-refractivity contribution in [3.8, 4) is 0 Å². The molecule has 2 saturated heterocycles. The zero-order chi connectivity index (χ0) is 15.5. The summed E-state index contributed by atoms with van der Waals surface area (Å²) in [4.78, 5) is 15.1. The molecule has 0 spiro atoms. The third kappa shape index (κ3) is 3.31. The number of nitro groups is 1. The molecular formula is C15H21N3O4. The van der Waals surface area contributed by atoms with Crippen LogP contribution in [0.5, 0.6) is 0 Å². The average molecular weight is 307 g/mol. The minimum Gasteiger partial charge on any atom is -0.393 e. The third-order valence-corrected chi connectivity index (χ3v) is 4.30. The van der Waals surface area contributed by atoms with E-state index in [2.05, 4.69) is 9.80 Å². The number of hydrogen-bond acceptors (Lipinski definition) is 6. The number of non-ortho nitro benzene ring substituents is 1. The highest BCUT2D eigenvalue weighted by Gasteiger charge is 2.22. The lowest BCUT2D eigenvalue weighted by Gasteiger charge is -2.33. The maximum Gasteiger partial charge on any atom is 0.273 e. The smallest absolute Gasteiger partial charge is 0.273 e. The molecule has 0 radical (unpaired) electrons. The molecule has 0 atom stereocenters. The Hall–Kier alpha value is -1.86.